The van der Waals surface area contributed by atoms with Gasteiger partial charge in [-0.25, -0.2) is 0 Å². The lowest BCUT2D eigenvalue weighted by atomic mass is 10.2. The van der Waals surface area contributed by atoms with Crippen LogP contribution in [0.15, 0.2) is 18.2 Å². The molecule has 1 aliphatic heterocycles. The summed E-state index contributed by atoms with van der Waals surface area (Å²) in [4.78, 5) is 14.4. The molecule has 1 aromatic carbocycles. The molecular formula is C16H25ClN2O2+2. The van der Waals surface area contributed by atoms with Crippen molar-refractivity contribution in [2.24, 2.45) is 0 Å². The summed E-state index contributed by atoms with van der Waals surface area (Å²) in [6.45, 7) is 10.3. The van der Waals surface area contributed by atoms with E-state index in [1.807, 2.05) is 0 Å². The first-order valence-electron chi connectivity index (χ1n) is 7.77. The second-order valence-corrected chi connectivity index (χ2v) is 6.04. The number of hydrogen-bond acceptors (Lipinski definition) is 2. The molecular weight excluding hydrogens is 288 g/mol. The molecule has 1 aliphatic rings. The monoisotopic (exact) mass is 312 g/mol. The van der Waals surface area contributed by atoms with Crippen LogP contribution in [0.2, 0.25) is 5.02 Å². The average molecular weight is 313 g/mol. The van der Waals surface area contributed by atoms with E-state index in [9.17, 15) is 4.79 Å². The van der Waals surface area contributed by atoms with Gasteiger partial charge in [0.1, 0.15) is 31.9 Å². The third kappa shape index (κ3) is 4.99. The molecule has 2 rings (SSSR count). The van der Waals surface area contributed by atoms with Crippen LogP contribution < -0.4 is 14.5 Å². The summed E-state index contributed by atoms with van der Waals surface area (Å²) in [5, 5.41) is 0.560. The van der Waals surface area contributed by atoms with E-state index in [0.717, 1.165) is 19.3 Å². The Bertz CT molecular complexity index is 460. The summed E-state index contributed by atoms with van der Waals surface area (Å²) >= 11 is 5.86. The summed E-state index contributed by atoms with van der Waals surface area (Å²) in [5.41, 5.74) is 0.523. The van der Waals surface area contributed by atoms with Crippen LogP contribution in [0.1, 0.15) is 23.7 Å². The van der Waals surface area contributed by atoms with E-state index in [0.29, 0.717) is 22.9 Å². The minimum absolute atomic E-state index is 0.523. The largest absolute Gasteiger partial charge is 0.493 e. The molecule has 1 fully saturated rings. The van der Waals surface area contributed by atoms with Crippen molar-refractivity contribution in [1.29, 1.82) is 0 Å². The van der Waals surface area contributed by atoms with Crippen molar-refractivity contribution in [3.05, 3.63) is 28.8 Å². The minimum atomic E-state index is 0.523. The Morgan fingerprint density at radius 3 is 2.62 bits per heavy atom. The lowest BCUT2D eigenvalue weighted by Crippen LogP contribution is -3.28. The topological polar surface area (TPSA) is 35.2 Å². The SMILES string of the molecule is CC[NH+]1CC[NH+](CCCOc2ccc(Cl)cc2C=O)CC1. The zero-order chi connectivity index (χ0) is 15.1. The van der Waals surface area contributed by atoms with Crippen LogP contribution in [0, 0.1) is 0 Å². The number of hydrogen-bond donors (Lipinski definition) is 2. The van der Waals surface area contributed by atoms with Gasteiger partial charge in [0.05, 0.1) is 25.3 Å². The number of carbonyl (C=O) groups is 1. The molecule has 0 radical (unpaired) electrons. The Kier molecular flexibility index (Phi) is 6.49. The highest BCUT2D eigenvalue weighted by Gasteiger charge is 2.20. The highest BCUT2D eigenvalue weighted by Crippen LogP contribution is 2.21. The number of likely N-dealkylation sites (N-methyl/N-ethyl adjacent to an activating group) is 1. The van der Waals surface area contributed by atoms with Crippen LogP contribution in [-0.4, -0.2) is 52.2 Å². The Morgan fingerprint density at radius 2 is 1.95 bits per heavy atom. The molecule has 0 aliphatic carbocycles. The lowest BCUT2D eigenvalue weighted by molar-refractivity contribution is -1.01. The molecule has 0 atom stereocenters. The number of nitrogens with one attached hydrogen (secondary N) is 2. The number of quaternary nitrogens is 2. The van der Waals surface area contributed by atoms with E-state index >= 15 is 0 Å². The molecule has 1 saturated heterocycles. The Balaban J connectivity index is 1.69. The smallest absolute Gasteiger partial charge is 0.153 e. The fourth-order valence-electron chi connectivity index (χ4n) is 2.81. The van der Waals surface area contributed by atoms with Crippen molar-refractivity contribution in [1.82, 2.24) is 0 Å². The quantitative estimate of drug-likeness (QED) is 0.537. The molecule has 1 heterocycles. The molecule has 0 unspecified atom stereocenters. The van der Waals surface area contributed by atoms with Gasteiger partial charge >= 0.3 is 0 Å². The van der Waals surface area contributed by atoms with E-state index in [1.165, 1.54) is 32.7 Å². The second kappa shape index (κ2) is 8.37. The van der Waals surface area contributed by atoms with Crippen molar-refractivity contribution in [2.75, 3.05) is 45.9 Å². The average Bonchev–Trinajstić information content (AvgIpc) is 2.53. The Hall–Kier alpha value is -1.10. The summed E-state index contributed by atoms with van der Waals surface area (Å²) < 4.78 is 5.71. The van der Waals surface area contributed by atoms with Crippen LogP contribution >= 0.6 is 11.6 Å². The number of halogens is 1. The van der Waals surface area contributed by atoms with E-state index in [4.69, 9.17) is 16.3 Å². The molecule has 2 N–H and O–H groups in total. The third-order valence-electron chi connectivity index (χ3n) is 4.20. The Morgan fingerprint density at radius 1 is 1.24 bits per heavy atom. The van der Waals surface area contributed by atoms with Crippen molar-refractivity contribution < 1.29 is 19.3 Å². The van der Waals surface area contributed by atoms with Gasteiger partial charge in [-0.15, -0.1) is 0 Å². The van der Waals surface area contributed by atoms with Crippen LogP contribution in [0.3, 0.4) is 0 Å². The van der Waals surface area contributed by atoms with Crippen LogP contribution in [0.25, 0.3) is 0 Å². The van der Waals surface area contributed by atoms with Crippen molar-refractivity contribution in [3.63, 3.8) is 0 Å². The van der Waals surface area contributed by atoms with Gasteiger partial charge in [0, 0.05) is 11.4 Å². The van der Waals surface area contributed by atoms with Crippen molar-refractivity contribution in [2.45, 2.75) is 13.3 Å². The minimum Gasteiger partial charge on any atom is -0.493 e. The summed E-state index contributed by atoms with van der Waals surface area (Å²) in [6, 6.07) is 5.16. The second-order valence-electron chi connectivity index (χ2n) is 5.61. The predicted molar refractivity (Wildman–Crippen MR) is 83.8 cm³/mol. The van der Waals surface area contributed by atoms with Gasteiger partial charge in [0.2, 0.25) is 0 Å². The number of piperazine rings is 1. The predicted octanol–water partition coefficient (Wildman–Crippen LogP) is -0.275. The Labute approximate surface area is 131 Å². The van der Waals surface area contributed by atoms with Crippen LogP contribution in [-0.2, 0) is 0 Å². The molecule has 0 saturated carbocycles. The zero-order valence-electron chi connectivity index (χ0n) is 12.7. The molecule has 0 spiro atoms. The highest BCUT2D eigenvalue weighted by atomic mass is 35.5. The maximum absolute atomic E-state index is 11.0. The van der Waals surface area contributed by atoms with Gasteiger partial charge in [0.15, 0.2) is 6.29 Å². The summed E-state index contributed by atoms with van der Waals surface area (Å²) in [7, 11) is 0. The van der Waals surface area contributed by atoms with Crippen LogP contribution in [0.5, 0.6) is 5.75 Å². The van der Waals surface area contributed by atoms with E-state index in [2.05, 4.69) is 6.92 Å². The summed E-state index contributed by atoms with van der Waals surface area (Å²) in [6.07, 6.45) is 1.80. The van der Waals surface area contributed by atoms with Crippen LogP contribution in [0.4, 0.5) is 0 Å². The lowest BCUT2D eigenvalue weighted by Gasteiger charge is -2.28. The number of carbonyl (C=O) groups excluding carboxylic acids is 1. The van der Waals surface area contributed by atoms with Crippen molar-refractivity contribution >= 4 is 17.9 Å². The van der Waals surface area contributed by atoms with Gasteiger partial charge in [-0.3, -0.25) is 4.79 Å². The van der Waals surface area contributed by atoms with E-state index < -0.39 is 0 Å². The van der Waals surface area contributed by atoms with E-state index in [1.54, 1.807) is 28.0 Å². The van der Waals surface area contributed by atoms with Gasteiger partial charge in [-0.05, 0) is 25.1 Å². The van der Waals surface area contributed by atoms with E-state index in [-0.39, 0.29) is 0 Å². The first-order chi connectivity index (χ1) is 10.2. The van der Waals surface area contributed by atoms with Gasteiger partial charge in [-0.2, -0.15) is 0 Å². The fraction of sp³-hybridized carbons (Fsp3) is 0.562. The molecule has 116 valence electrons. The maximum Gasteiger partial charge on any atom is 0.153 e. The maximum atomic E-state index is 11.0. The molecule has 0 amide bonds. The third-order valence-corrected chi connectivity index (χ3v) is 4.43. The fourth-order valence-corrected chi connectivity index (χ4v) is 2.99. The van der Waals surface area contributed by atoms with Crippen molar-refractivity contribution in [3.8, 4) is 5.75 Å². The molecule has 1 aromatic rings. The first kappa shape index (κ1) is 16.3. The molecule has 0 bridgehead atoms. The molecule has 0 aromatic heterocycles. The molecule has 4 nitrogen and oxygen atoms in total. The number of aldehydes is 1. The number of ether oxygens (including phenoxy) is 1. The molecule has 5 heteroatoms. The van der Waals surface area contributed by atoms with Gasteiger partial charge < -0.3 is 14.5 Å². The molecule has 21 heavy (non-hydrogen) atoms. The normalized spacial score (nSPS) is 22.0. The number of rotatable bonds is 7. The zero-order valence-corrected chi connectivity index (χ0v) is 13.4. The first-order valence-corrected chi connectivity index (χ1v) is 8.15. The number of benzene rings is 1. The summed E-state index contributed by atoms with van der Waals surface area (Å²) in [5.74, 6) is 0.629. The standard InChI is InChI=1S/C16H23ClN2O2/c1-2-18-7-9-19(10-8-18)6-3-11-21-16-5-4-15(17)12-14(16)13-20/h4-5,12-13H,2-3,6-11H2,1H3/p+2. The highest BCUT2D eigenvalue weighted by molar-refractivity contribution is 6.30. The van der Waals surface area contributed by atoms with Gasteiger partial charge in [0.25, 0.3) is 0 Å². The van der Waals surface area contributed by atoms with Gasteiger partial charge in [-0.1, -0.05) is 11.6 Å².